The molecule has 1 aliphatic heterocycles. The average molecular weight is 457 g/mol. The summed E-state index contributed by atoms with van der Waals surface area (Å²) in [7, 11) is 0. The van der Waals surface area contributed by atoms with Crippen LogP contribution in [0.1, 0.15) is 115 Å². The van der Waals surface area contributed by atoms with Crippen LogP contribution in [0.3, 0.4) is 0 Å². The maximum atomic E-state index is 11.9. The fourth-order valence-electron chi connectivity index (χ4n) is 4.84. The van der Waals surface area contributed by atoms with Crippen molar-refractivity contribution in [3.8, 4) is 0 Å². The number of benzene rings is 1. The Morgan fingerprint density at radius 1 is 0.788 bits per heavy atom. The van der Waals surface area contributed by atoms with Crippen LogP contribution in [0, 0.1) is 0 Å². The van der Waals surface area contributed by atoms with E-state index >= 15 is 0 Å². The van der Waals surface area contributed by atoms with E-state index in [1.54, 1.807) is 6.20 Å². The predicted octanol–water partition coefficient (Wildman–Crippen LogP) is 7.35. The van der Waals surface area contributed by atoms with Gasteiger partial charge in [-0.3, -0.25) is 0 Å². The lowest BCUT2D eigenvalue weighted by molar-refractivity contribution is -0.843. The highest BCUT2D eigenvalue weighted by atomic mass is 16.4. The summed E-state index contributed by atoms with van der Waals surface area (Å²) in [5.41, 5.74) is 1.02. The van der Waals surface area contributed by atoms with Gasteiger partial charge in [-0.2, -0.15) is 0 Å². The van der Waals surface area contributed by atoms with E-state index in [9.17, 15) is 9.90 Å². The van der Waals surface area contributed by atoms with Crippen LogP contribution in [0.15, 0.2) is 42.7 Å². The third-order valence-electron chi connectivity index (χ3n) is 6.97. The molecule has 1 aliphatic rings. The smallest absolute Gasteiger partial charge is 0.264 e. The summed E-state index contributed by atoms with van der Waals surface area (Å²) in [5, 5.41) is 11.9. The second-order valence-electron chi connectivity index (χ2n) is 10.00. The number of carboxylic acid groups (broad SMARTS) is 1. The fraction of sp³-hybridized carbons (Fsp3) is 0.690. The van der Waals surface area contributed by atoms with Gasteiger partial charge in [0.05, 0.1) is 6.20 Å². The molecule has 0 spiro atoms. The Balaban J connectivity index is 1.43. The average Bonchev–Trinajstić information content (AvgIpc) is 3.23. The van der Waals surface area contributed by atoms with E-state index in [1.807, 2.05) is 36.5 Å². The van der Waals surface area contributed by atoms with E-state index in [4.69, 9.17) is 0 Å². The van der Waals surface area contributed by atoms with Crippen molar-refractivity contribution in [2.24, 2.45) is 0 Å². The maximum absolute atomic E-state index is 11.9. The summed E-state index contributed by atoms with van der Waals surface area (Å²) in [6.45, 7) is 4.12. The Labute approximate surface area is 203 Å². The summed E-state index contributed by atoms with van der Waals surface area (Å²) in [6.07, 6.45) is 24.6. The van der Waals surface area contributed by atoms with Gasteiger partial charge in [-0.1, -0.05) is 134 Å². The molecule has 1 aromatic carbocycles. The largest absolute Gasteiger partial charge is 0.498 e. The molecule has 1 unspecified atom stereocenters. The minimum atomic E-state index is -1.02. The molecule has 1 aromatic rings. The first-order valence-electron chi connectivity index (χ1n) is 13.7. The number of hydrogen-bond acceptors (Lipinski definition) is 3. The van der Waals surface area contributed by atoms with Gasteiger partial charge in [0.1, 0.15) is 12.7 Å². The topological polar surface area (TPSA) is 43.4 Å². The highest BCUT2D eigenvalue weighted by molar-refractivity contribution is 5.55. The van der Waals surface area contributed by atoms with Crippen molar-refractivity contribution in [3.05, 3.63) is 48.3 Å². The molecule has 2 rings (SSSR count). The van der Waals surface area contributed by atoms with E-state index in [2.05, 4.69) is 11.8 Å². The molecule has 0 bridgehead atoms. The summed E-state index contributed by atoms with van der Waals surface area (Å²) in [5.74, 6) is 0. The van der Waals surface area contributed by atoms with Gasteiger partial charge in [-0.05, 0) is 6.42 Å². The number of carbonyl (C=O) groups is 1. The molecule has 0 saturated heterocycles. The molecular formula is C29H48N2O2. The van der Waals surface area contributed by atoms with E-state index in [0.717, 1.165) is 18.5 Å². The molecule has 0 radical (unpaired) electrons. The third kappa shape index (κ3) is 11.2. The molecule has 0 aliphatic carbocycles. The maximum Gasteiger partial charge on any atom is 0.264 e. The summed E-state index contributed by atoms with van der Waals surface area (Å²) in [6, 6.07) is 9.82. The zero-order valence-corrected chi connectivity index (χ0v) is 21.2. The van der Waals surface area contributed by atoms with Crippen molar-refractivity contribution in [2.45, 2.75) is 116 Å². The van der Waals surface area contributed by atoms with Crippen LogP contribution in [-0.4, -0.2) is 28.7 Å². The number of hydrogen-bond donors (Lipinski definition) is 0. The molecule has 4 heteroatoms. The highest BCUT2D eigenvalue weighted by Gasteiger charge is 2.34. The molecule has 0 N–H and O–H groups in total. The minimum Gasteiger partial charge on any atom is -0.498 e. The van der Waals surface area contributed by atoms with Gasteiger partial charge in [-0.25, -0.2) is 4.48 Å². The quantitative estimate of drug-likeness (QED) is 0.161. The zero-order valence-electron chi connectivity index (χ0n) is 21.2. The summed E-state index contributed by atoms with van der Waals surface area (Å²) >= 11 is 0. The first-order valence-corrected chi connectivity index (χ1v) is 13.7. The molecule has 0 aromatic heterocycles. The van der Waals surface area contributed by atoms with Crippen molar-refractivity contribution in [1.29, 1.82) is 0 Å². The lowest BCUT2D eigenvalue weighted by Crippen LogP contribution is -2.55. The van der Waals surface area contributed by atoms with Crippen LogP contribution < -0.4 is 5.11 Å². The Morgan fingerprint density at radius 2 is 1.27 bits per heavy atom. The summed E-state index contributed by atoms with van der Waals surface area (Å²) in [4.78, 5) is 14.0. The van der Waals surface area contributed by atoms with Crippen molar-refractivity contribution >= 4 is 6.09 Å². The second kappa shape index (κ2) is 16.7. The number of rotatable bonds is 19. The first-order chi connectivity index (χ1) is 16.2. The first kappa shape index (κ1) is 27.4. The van der Waals surface area contributed by atoms with Crippen molar-refractivity contribution in [2.75, 3.05) is 13.2 Å². The van der Waals surface area contributed by atoms with Gasteiger partial charge in [0, 0.05) is 12.1 Å². The zero-order chi connectivity index (χ0) is 23.6. The summed E-state index contributed by atoms with van der Waals surface area (Å²) < 4.78 is -0.136. The standard InChI is InChI=1S/C29H48N2O2/c1-2-3-4-5-6-7-8-9-10-11-12-13-14-15-16-20-23-30-24-25-31(27-30,29(32)33)26-28-21-18-17-19-22-28/h17-19,21-22,24-25H,2-16,20,23,26-27H2,1H3. The van der Waals surface area contributed by atoms with Gasteiger partial charge in [0.15, 0.2) is 6.67 Å². The normalized spacial score (nSPS) is 17.7. The fourth-order valence-corrected chi connectivity index (χ4v) is 4.84. The SMILES string of the molecule is CCCCCCCCCCCCCCCCCCN1C=C[N+](Cc2ccccc2)(C(=O)[O-])C1. The number of quaternary nitrogens is 1. The Kier molecular flexibility index (Phi) is 13.9. The van der Waals surface area contributed by atoms with Gasteiger partial charge >= 0.3 is 0 Å². The minimum absolute atomic E-state index is 0.136. The molecule has 1 atom stereocenters. The van der Waals surface area contributed by atoms with Gasteiger partial charge in [-0.15, -0.1) is 0 Å². The number of amides is 1. The van der Waals surface area contributed by atoms with E-state index < -0.39 is 6.09 Å². The lowest BCUT2D eigenvalue weighted by atomic mass is 10.0. The number of carbonyl (C=O) groups excluding carboxylic acids is 1. The van der Waals surface area contributed by atoms with E-state index in [1.165, 1.54) is 96.3 Å². The molecular weight excluding hydrogens is 408 g/mol. The van der Waals surface area contributed by atoms with E-state index in [-0.39, 0.29) is 4.48 Å². The van der Waals surface area contributed by atoms with Crippen LogP contribution in [0.4, 0.5) is 4.79 Å². The lowest BCUT2D eigenvalue weighted by Gasteiger charge is -2.32. The van der Waals surface area contributed by atoms with Crippen LogP contribution in [0.25, 0.3) is 0 Å². The number of nitrogens with zero attached hydrogens (tertiary/aromatic N) is 2. The highest BCUT2D eigenvalue weighted by Crippen LogP contribution is 2.23. The van der Waals surface area contributed by atoms with Crippen LogP contribution in [0.2, 0.25) is 0 Å². The van der Waals surface area contributed by atoms with Gasteiger partial charge in [0.2, 0.25) is 0 Å². The van der Waals surface area contributed by atoms with E-state index in [0.29, 0.717) is 13.2 Å². The van der Waals surface area contributed by atoms with Crippen molar-refractivity contribution in [3.63, 3.8) is 0 Å². The molecule has 1 heterocycles. The van der Waals surface area contributed by atoms with Crippen LogP contribution in [-0.2, 0) is 6.54 Å². The second-order valence-corrected chi connectivity index (χ2v) is 10.00. The predicted molar refractivity (Wildman–Crippen MR) is 136 cm³/mol. The Bertz CT molecular complexity index is 661. The van der Waals surface area contributed by atoms with Gasteiger partial charge in [0.25, 0.3) is 6.09 Å². The molecule has 0 saturated carbocycles. The Hall–Kier alpha value is -1.81. The molecule has 186 valence electrons. The molecule has 1 amide bonds. The van der Waals surface area contributed by atoms with Crippen molar-refractivity contribution < 1.29 is 14.4 Å². The number of unbranched alkanes of at least 4 members (excludes halogenated alkanes) is 15. The molecule has 0 fully saturated rings. The van der Waals surface area contributed by atoms with Crippen LogP contribution >= 0.6 is 0 Å². The Morgan fingerprint density at radius 3 is 1.76 bits per heavy atom. The van der Waals surface area contributed by atoms with Gasteiger partial charge < -0.3 is 14.8 Å². The molecule has 33 heavy (non-hydrogen) atoms. The monoisotopic (exact) mass is 456 g/mol. The van der Waals surface area contributed by atoms with Crippen LogP contribution in [0.5, 0.6) is 0 Å². The third-order valence-corrected chi connectivity index (χ3v) is 6.97. The molecule has 4 nitrogen and oxygen atoms in total. The van der Waals surface area contributed by atoms with Crippen molar-refractivity contribution in [1.82, 2.24) is 4.90 Å².